The van der Waals surface area contributed by atoms with Gasteiger partial charge in [-0.15, -0.1) is 16.8 Å². The molecule has 2 N–H and O–H groups in total. The molecule has 10 heteroatoms. The van der Waals surface area contributed by atoms with Crippen LogP contribution in [0.15, 0.2) is 66.3 Å². The zero-order valence-corrected chi connectivity index (χ0v) is 20.1. The first kappa shape index (κ1) is 24.8. The zero-order chi connectivity index (χ0) is 24.5. The fourth-order valence-electron chi connectivity index (χ4n) is 3.18. The number of ether oxygens (including phenoxy) is 2. The van der Waals surface area contributed by atoms with Gasteiger partial charge in [-0.1, -0.05) is 30.0 Å². The van der Waals surface area contributed by atoms with E-state index < -0.39 is 6.04 Å². The summed E-state index contributed by atoms with van der Waals surface area (Å²) in [7, 11) is 3.12. The standard InChI is InChI=1S/C24H27N5O4S/c1-5-14-29-22(16(2)25-23(31)17-10-12-18(32-3)13-11-17)27-28-24(29)34-15-21(30)26-19-8-6-7-9-20(19)33-4/h5-13,16H,1,14-15H2,2-4H3,(H,25,31)(H,26,30)/t16-/m1/s1. The number of allylic oxidation sites excluding steroid dienone is 1. The van der Waals surface area contributed by atoms with Crippen molar-refractivity contribution in [2.45, 2.75) is 24.7 Å². The third-order valence-corrected chi connectivity index (χ3v) is 5.82. The molecule has 2 amide bonds. The second-order valence-corrected chi connectivity index (χ2v) is 8.14. The number of hydrogen-bond donors (Lipinski definition) is 2. The predicted octanol–water partition coefficient (Wildman–Crippen LogP) is 3.70. The Bertz CT molecular complexity index is 1150. The lowest BCUT2D eigenvalue weighted by molar-refractivity contribution is -0.113. The molecule has 0 bridgehead atoms. The van der Waals surface area contributed by atoms with Gasteiger partial charge >= 0.3 is 0 Å². The van der Waals surface area contributed by atoms with Gasteiger partial charge in [0.1, 0.15) is 11.5 Å². The minimum absolute atomic E-state index is 0.125. The SMILES string of the molecule is C=CCn1c(SCC(=O)Nc2ccccc2OC)nnc1[C@@H](C)NC(=O)c1ccc(OC)cc1. The van der Waals surface area contributed by atoms with Crippen LogP contribution in [0.4, 0.5) is 5.69 Å². The van der Waals surface area contributed by atoms with Crippen molar-refractivity contribution in [3.63, 3.8) is 0 Å². The first-order valence-electron chi connectivity index (χ1n) is 10.5. The van der Waals surface area contributed by atoms with Gasteiger partial charge in [0, 0.05) is 12.1 Å². The Morgan fingerprint density at radius 2 is 1.85 bits per heavy atom. The number of carbonyl (C=O) groups excluding carboxylic acids is 2. The van der Waals surface area contributed by atoms with Crippen LogP contribution in [0.2, 0.25) is 0 Å². The lowest BCUT2D eigenvalue weighted by atomic mass is 10.2. The molecular weight excluding hydrogens is 454 g/mol. The van der Waals surface area contributed by atoms with E-state index in [2.05, 4.69) is 27.4 Å². The Labute approximate surface area is 202 Å². The van der Waals surface area contributed by atoms with Gasteiger partial charge in [0.25, 0.3) is 5.91 Å². The molecule has 0 unspecified atom stereocenters. The van der Waals surface area contributed by atoms with Gasteiger partial charge in [0.2, 0.25) is 5.91 Å². The highest BCUT2D eigenvalue weighted by Gasteiger charge is 2.20. The van der Waals surface area contributed by atoms with Crippen molar-refractivity contribution in [3.05, 3.63) is 72.6 Å². The molecule has 1 atom stereocenters. The van der Waals surface area contributed by atoms with E-state index in [0.29, 0.717) is 40.3 Å². The highest BCUT2D eigenvalue weighted by atomic mass is 32.2. The minimum atomic E-state index is -0.418. The number of carbonyl (C=O) groups is 2. The van der Waals surface area contributed by atoms with Crippen LogP contribution in [0.3, 0.4) is 0 Å². The van der Waals surface area contributed by atoms with Gasteiger partial charge < -0.3 is 24.7 Å². The average Bonchev–Trinajstić information content (AvgIpc) is 3.26. The number of benzene rings is 2. The van der Waals surface area contributed by atoms with E-state index in [-0.39, 0.29) is 17.6 Å². The summed E-state index contributed by atoms with van der Waals surface area (Å²) in [5.74, 6) is 1.50. The number of anilines is 1. The van der Waals surface area contributed by atoms with E-state index in [1.54, 1.807) is 56.7 Å². The second-order valence-electron chi connectivity index (χ2n) is 7.20. The van der Waals surface area contributed by atoms with E-state index in [9.17, 15) is 9.59 Å². The number of aromatic nitrogens is 3. The summed E-state index contributed by atoms with van der Waals surface area (Å²) in [6.07, 6.45) is 1.71. The quantitative estimate of drug-likeness (QED) is 0.318. The van der Waals surface area contributed by atoms with Gasteiger partial charge in [-0.3, -0.25) is 9.59 Å². The molecule has 0 radical (unpaired) electrons. The number of rotatable bonds is 11. The minimum Gasteiger partial charge on any atom is -0.497 e. The molecule has 1 aromatic heterocycles. The molecule has 34 heavy (non-hydrogen) atoms. The monoisotopic (exact) mass is 481 g/mol. The van der Waals surface area contributed by atoms with Gasteiger partial charge in [0.15, 0.2) is 11.0 Å². The zero-order valence-electron chi connectivity index (χ0n) is 19.3. The summed E-state index contributed by atoms with van der Waals surface area (Å²) in [4.78, 5) is 25.1. The van der Waals surface area contributed by atoms with Crippen LogP contribution in [0.5, 0.6) is 11.5 Å². The second kappa shape index (κ2) is 11.9. The molecular formula is C24H27N5O4S. The molecule has 2 aromatic carbocycles. The molecule has 0 saturated heterocycles. The third kappa shape index (κ3) is 6.16. The molecule has 0 aliphatic rings. The summed E-state index contributed by atoms with van der Waals surface area (Å²) >= 11 is 1.25. The van der Waals surface area contributed by atoms with Crippen molar-refractivity contribution in [2.24, 2.45) is 0 Å². The maximum absolute atomic E-state index is 12.6. The number of nitrogens with one attached hydrogen (secondary N) is 2. The van der Waals surface area contributed by atoms with Gasteiger partial charge in [-0.25, -0.2) is 0 Å². The normalized spacial score (nSPS) is 11.4. The molecule has 0 aliphatic carbocycles. The Kier molecular flexibility index (Phi) is 8.69. The van der Waals surface area contributed by atoms with E-state index >= 15 is 0 Å². The third-order valence-electron chi connectivity index (χ3n) is 4.86. The Morgan fingerprint density at radius 3 is 2.53 bits per heavy atom. The Morgan fingerprint density at radius 1 is 1.12 bits per heavy atom. The smallest absolute Gasteiger partial charge is 0.251 e. The Balaban J connectivity index is 1.66. The summed E-state index contributed by atoms with van der Waals surface area (Å²) in [5, 5.41) is 14.8. The number of amides is 2. The number of nitrogens with zero attached hydrogens (tertiary/aromatic N) is 3. The number of hydrogen-bond acceptors (Lipinski definition) is 7. The fourth-order valence-corrected chi connectivity index (χ4v) is 3.93. The lowest BCUT2D eigenvalue weighted by Gasteiger charge is -2.15. The van der Waals surface area contributed by atoms with Crippen LogP contribution in [-0.4, -0.2) is 46.6 Å². The summed E-state index contributed by atoms with van der Waals surface area (Å²) in [6.45, 7) is 6.05. The van der Waals surface area contributed by atoms with Crippen molar-refractivity contribution < 1.29 is 19.1 Å². The molecule has 0 aliphatic heterocycles. The largest absolute Gasteiger partial charge is 0.497 e. The maximum atomic E-state index is 12.6. The van der Waals surface area contributed by atoms with Crippen molar-refractivity contribution in [1.82, 2.24) is 20.1 Å². The van der Waals surface area contributed by atoms with Crippen LogP contribution in [0, 0.1) is 0 Å². The molecule has 1 heterocycles. The first-order chi connectivity index (χ1) is 16.5. The highest BCUT2D eigenvalue weighted by Crippen LogP contribution is 2.25. The highest BCUT2D eigenvalue weighted by molar-refractivity contribution is 7.99. The van der Waals surface area contributed by atoms with Gasteiger partial charge in [0.05, 0.1) is 31.7 Å². The summed E-state index contributed by atoms with van der Waals surface area (Å²) in [6, 6.07) is 13.6. The first-order valence-corrected chi connectivity index (χ1v) is 11.5. The van der Waals surface area contributed by atoms with Crippen LogP contribution < -0.4 is 20.1 Å². The molecule has 3 aromatic rings. The molecule has 9 nitrogen and oxygen atoms in total. The van der Waals surface area contributed by atoms with E-state index in [1.807, 2.05) is 23.6 Å². The van der Waals surface area contributed by atoms with E-state index in [0.717, 1.165) is 0 Å². The average molecular weight is 482 g/mol. The summed E-state index contributed by atoms with van der Waals surface area (Å²) in [5.41, 5.74) is 1.10. The number of thioether (sulfide) groups is 1. The van der Waals surface area contributed by atoms with E-state index in [1.165, 1.54) is 11.8 Å². The molecule has 3 rings (SSSR count). The van der Waals surface area contributed by atoms with Gasteiger partial charge in [-0.05, 0) is 43.3 Å². The van der Waals surface area contributed by atoms with Crippen LogP contribution >= 0.6 is 11.8 Å². The van der Waals surface area contributed by atoms with Crippen molar-refractivity contribution >= 4 is 29.3 Å². The van der Waals surface area contributed by atoms with Crippen molar-refractivity contribution in [1.29, 1.82) is 0 Å². The van der Waals surface area contributed by atoms with Crippen LogP contribution in [0.25, 0.3) is 0 Å². The van der Waals surface area contributed by atoms with Crippen molar-refractivity contribution in [3.8, 4) is 11.5 Å². The molecule has 0 spiro atoms. The van der Waals surface area contributed by atoms with Gasteiger partial charge in [-0.2, -0.15) is 0 Å². The summed E-state index contributed by atoms with van der Waals surface area (Å²) < 4.78 is 12.2. The van der Waals surface area contributed by atoms with Crippen LogP contribution in [-0.2, 0) is 11.3 Å². The topological polar surface area (TPSA) is 107 Å². The molecule has 0 fully saturated rings. The van der Waals surface area contributed by atoms with Crippen LogP contribution in [0.1, 0.15) is 29.1 Å². The predicted molar refractivity (Wildman–Crippen MR) is 131 cm³/mol. The fraction of sp³-hybridized carbons (Fsp3) is 0.250. The number of para-hydroxylation sites is 2. The maximum Gasteiger partial charge on any atom is 0.251 e. The van der Waals surface area contributed by atoms with Crippen molar-refractivity contribution in [2.75, 3.05) is 25.3 Å². The Hall–Kier alpha value is -3.79. The van der Waals surface area contributed by atoms with E-state index in [4.69, 9.17) is 9.47 Å². The number of methoxy groups -OCH3 is 2. The molecule has 178 valence electrons. The molecule has 0 saturated carbocycles. The lowest BCUT2D eigenvalue weighted by Crippen LogP contribution is -2.28.